The molecule has 1 aromatic carbocycles. The van der Waals surface area contributed by atoms with E-state index in [9.17, 15) is 45.4 Å². The average molecular weight is 496 g/mol. The number of halogens is 8. The summed E-state index contributed by atoms with van der Waals surface area (Å²) < 4.78 is 96.1. The molecule has 1 atom stereocenters. The summed E-state index contributed by atoms with van der Waals surface area (Å²) in [5.74, 6) is -14.2. The first kappa shape index (κ1) is 23.4. The zero-order chi connectivity index (χ0) is 23.4. The van der Waals surface area contributed by atoms with Crippen molar-refractivity contribution in [3.63, 3.8) is 0 Å². The Bertz CT molecular complexity index is 1090. The van der Waals surface area contributed by atoms with Crippen LogP contribution in [0.4, 0.5) is 30.7 Å². The maximum Gasteiger partial charge on any atom is 0.459 e. The van der Waals surface area contributed by atoms with Gasteiger partial charge >= 0.3 is 23.6 Å². The van der Waals surface area contributed by atoms with Crippen LogP contribution in [0.25, 0.3) is 11.0 Å². The number of aromatic hydroxyl groups is 1. The van der Waals surface area contributed by atoms with E-state index >= 15 is 0 Å². The lowest BCUT2D eigenvalue weighted by Crippen LogP contribution is -2.59. The standard InChI is InChI=1S/C15H9ClF7N3O4S/c16-5-1-2-6-7(3-5)30-11(29)8(9(6)27)10(28)25-26-4-24-12(31-26)13(17,18)14(19,20)15(21,22)23/h1-3,12,24,27H,4H2,(H,25,28). The molecule has 1 aliphatic heterocycles. The lowest BCUT2D eigenvalue weighted by atomic mass is 10.1. The highest BCUT2D eigenvalue weighted by atomic mass is 35.5. The number of hydrogen-bond donors (Lipinski definition) is 3. The van der Waals surface area contributed by atoms with Crippen molar-refractivity contribution in [3.05, 3.63) is 39.2 Å². The van der Waals surface area contributed by atoms with Gasteiger partial charge in [-0.3, -0.25) is 15.5 Å². The summed E-state index contributed by atoms with van der Waals surface area (Å²) in [6, 6.07) is 3.70. The number of benzene rings is 1. The highest BCUT2D eigenvalue weighted by Gasteiger charge is 2.76. The molecule has 1 aliphatic rings. The Balaban J connectivity index is 1.80. The number of rotatable bonds is 4. The number of hydrazine groups is 1. The molecule has 2 aromatic rings. The maximum absolute atomic E-state index is 13.8. The second kappa shape index (κ2) is 7.72. The lowest BCUT2D eigenvalue weighted by molar-refractivity contribution is -0.354. The number of hydrogen-bond acceptors (Lipinski definition) is 7. The molecule has 1 fully saturated rings. The molecule has 0 aliphatic carbocycles. The summed E-state index contributed by atoms with van der Waals surface area (Å²) in [7, 11) is 0. The molecule has 31 heavy (non-hydrogen) atoms. The molecule has 3 rings (SSSR count). The topological polar surface area (TPSA) is 94.8 Å². The van der Waals surface area contributed by atoms with Gasteiger partial charge < -0.3 is 9.52 Å². The predicted molar refractivity (Wildman–Crippen MR) is 93.8 cm³/mol. The monoisotopic (exact) mass is 495 g/mol. The van der Waals surface area contributed by atoms with E-state index in [1.165, 1.54) is 18.2 Å². The van der Waals surface area contributed by atoms with E-state index in [1.807, 2.05) is 5.43 Å². The SMILES string of the molecule is O=C(NN1CNC(C(F)(F)C(F)(F)C(F)(F)F)S1)c1c(O)c2ccc(Cl)cc2oc1=O. The van der Waals surface area contributed by atoms with E-state index in [1.54, 1.807) is 5.32 Å². The van der Waals surface area contributed by atoms with Crippen molar-refractivity contribution in [2.24, 2.45) is 0 Å². The zero-order valence-electron chi connectivity index (χ0n) is 14.6. The third-order valence-corrected chi connectivity index (χ3v) is 5.44. The summed E-state index contributed by atoms with van der Waals surface area (Å²) in [6.07, 6.45) is -6.52. The van der Waals surface area contributed by atoms with E-state index < -0.39 is 52.9 Å². The third kappa shape index (κ3) is 4.02. The van der Waals surface area contributed by atoms with Crippen LogP contribution < -0.4 is 16.4 Å². The number of fused-ring (bicyclic) bond motifs is 1. The molecular formula is C15H9ClF7N3O4S. The van der Waals surface area contributed by atoms with Crippen molar-refractivity contribution in [1.82, 2.24) is 15.2 Å². The third-order valence-electron chi connectivity index (χ3n) is 4.05. The van der Waals surface area contributed by atoms with Gasteiger partial charge in [-0.15, -0.1) is 4.41 Å². The molecule has 2 heterocycles. The Morgan fingerprint density at radius 3 is 2.52 bits per heavy atom. The van der Waals surface area contributed by atoms with Crippen LogP contribution in [0.2, 0.25) is 5.02 Å². The van der Waals surface area contributed by atoms with Crippen LogP contribution in [-0.4, -0.2) is 45.5 Å². The van der Waals surface area contributed by atoms with Gasteiger partial charge in [-0.1, -0.05) is 11.6 Å². The maximum atomic E-state index is 13.8. The molecule has 0 saturated carbocycles. The number of nitrogens with one attached hydrogen (secondary N) is 2. The van der Waals surface area contributed by atoms with Crippen LogP contribution in [0, 0.1) is 0 Å². The number of carbonyl (C=O) groups is 1. The summed E-state index contributed by atoms with van der Waals surface area (Å²) >= 11 is 5.45. The second-order valence-electron chi connectivity index (χ2n) is 6.12. The van der Waals surface area contributed by atoms with Crippen LogP contribution in [0.5, 0.6) is 5.75 Å². The van der Waals surface area contributed by atoms with Gasteiger partial charge in [-0.25, -0.2) is 4.79 Å². The fourth-order valence-electron chi connectivity index (χ4n) is 2.51. The summed E-state index contributed by atoms with van der Waals surface area (Å²) in [4.78, 5) is 24.3. The molecule has 1 unspecified atom stereocenters. The molecule has 1 amide bonds. The fraction of sp³-hybridized carbons (Fsp3) is 0.333. The minimum absolute atomic E-state index is 0.101. The minimum atomic E-state index is -6.52. The largest absolute Gasteiger partial charge is 0.506 e. The van der Waals surface area contributed by atoms with E-state index in [4.69, 9.17) is 16.0 Å². The van der Waals surface area contributed by atoms with Gasteiger partial charge in [0.2, 0.25) is 0 Å². The van der Waals surface area contributed by atoms with Crippen LogP contribution in [0.3, 0.4) is 0 Å². The number of carbonyl (C=O) groups excluding carboxylic acids is 1. The summed E-state index contributed by atoms with van der Waals surface area (Å²) in [5.41, 5.74) is -0.627. The Morgan fingerprint density at radius 2 is 1.90 bits per heavy atom. The van der Waals surface area contributed by atoms with Crippen LogP contribution in [0.1, 0.15) is 10.4 Å². The smallest absolute Gasteiger partial charge is 0.459 e. The van der Waals surface area contributed by atoms with Gasteiger partial charge in [0.05, 0.1) is 12.1 Å². The Kier molecular flexibility index (Phi) is 5.84. The van der Waals surface area contributed by atoms with Crippen molar-refractivity contribution < 1.29 is 45.1 Å². The van der Waals surface area contributed by atoms with Crippen LogP contribution >= 0.6 is 23.5 Å². The molecule has 170 valence electrons. The number of nitrogens with zero attached hydrogens (tertiary/aromatic N) is 1. The quantitative estimate of drug-likeness (QED) is 0.340. The summed E-state index contributed by atoms with van der Waals surface area (Å²) in [5, 5.41) is 9.18. The van der Waals surface area contributed by atoms with Crippen molar-refractivity contribution in [2.75, 3.05) is 6.67 Å². The molecule has 1 saturated heterocycles. The molecular weight excluding hydrogens is 487 g/mol. The Labute approximate surface area is 176 Å². The van der Waals surface area contributed by atoms with Gasteiger partial charge in [0.15, 0.2) is 5.56 Å². The van der Waals surface area contributed by atoms with Gasteiger partial charge in [-0.05, 0) is 24.1 Å². The average Bonchev–Trinajstić information content (AvgIpc) is 3.09. The van der Waals surface area contributed by atoms with E-state index in [0.717, 1.165) is 0 Å². The second-order valence-corrected chi connectivity index (χ2v) is 7.68. The molecule has 0 spiro atoms. The van der Waals surface area contributed by atoms with Crippen LogP contribution in [0.15, 0.2) is 27.4 Å². The van der Waals surface area contributed by atoms with E-state index in [-0.39, 0.29) is 27.9 Å². The first-order valence-corrected chi connectivity index (χ1v) is 9.14. The molecule has 3 N–H and O–H groups in total. The minimum Gasteiger partial charge on any atom is -0.506 e. The molecule has 16 heteroatoms. The Hall–Kier alpha value is -2.23. The molecule has 7 nitrogen and oxygen atoms in total. The van der Waals surface area contributed by atoms with Crippen LogP contribution in [-0.2, 0) is 0 Å². The van der Waals surface area contributed by atoms with Crippen molar-refractivity contribution in [1.29, 1.82) is 0 Å². The number of alkyl halides is 7. The van der Waals surface area contributed by atoms with Gasteiger partial charge in [0.1, 0.15) is 16.7 Å². The van der Waals surface area contributed by atoms with Crippen molar-refractivity contribution >= 4 is 40.4 Å². The predicted octanol–water partition coefficient (Wildman–Crippen LogP) is 3.47. The van der Waals surface area contributed by atoms with Crippen molar-refractivity contribution in [2.45, 2.75) is 23.4 Å². The Morgan fingerprint density at radius 1 is 1.26 bits per heavy atom. The first-order valence-electron chi connectivity index (χ1n) is 7.93. The molecule has 0 bridgehead atoms. The summed E-state index contributed by atoms with van der Waals surface area (Å²) in [6.45, 7) is -0.792. The molecule has 0 radical (unpaired) electrons. The van der Waals surface area contributed by atoms with E-state index in [0.29, 0.717) is 4.41 Å². The van der Waals surface area contributed by atoms with Gasteiger partial charge in [-0.2, -0.15) is 30.7 Å². The van der Waals surface area contributed by atoms with Gasteiger partial charge in [0.25, 0.3) is 5.91 Å². The van der Waals surface area contributed by atoms with E-state index in [2.05, 4.69) is 0 Å². The zero-order valence-corrected chi connectivity index (χ0v) is 16.1. The van der Waals surface area contributed by atoms with Gasteiger partial charge in [0, 0.05) is 11.1 Å². The molecule has 1 aromatic heterocycles. The highest BCUT2D eigenvalue weighted by Crippen LogP contribution is 2.51. The lowest BCUT2D eigenvalue weighted by Gasteiger charge is -2.31. The first-order chi connectivity index (χ1) is 14.2. The number of amides is 1. The fourth-order valence-corrected chi connectivity index (χ4v) is 3.64. The highest BCUT2D eigenvalue weighted by molar-refractivity contribution is 7.97. The van der Waals surface area contributed by atoms with Crippen molar-refractivity contribution in [3.8, 4) is 5.75 Å². The normalized spacial score (nSPS) is 18.5.